The van der Waals surface area contributed by atoms with Crippen molar-refractivity contribution < 1.29 is 19.4 Å². The minimum Gasteiger partial charge on any atom is -0.497 e. The largest absolute Gasteiger partial charge is 0.497 e. The molecule has 2 aromatic carbocycles. The lowest BCUT2D eigenvalue weighted by atomic mass is 10.1. The van der Waals surface area contributed by atoms with Crippen LogP contribution in [0.25, 0.3) is 0 Å². The number of fused-ring (bicyclic) bond motifs is 1. The molecule has 1 N–H and O–H groups in total. The predicted octanol–water partition coefficient (Wildman–Crippen LogP) is 2.63. The number of ether oxygens (including phenoxy) is 3. The van der Waals surface area contributed by atoms with Gasteiger partial charge in [-0.3, -0.25) is 0 Å². The number of hydrogen-bond acceptors (Lipinski definition) is 5. The van der Waals surface area contributed by atoms with Crippen molar-refractivity contribution in [2.24, 2.45) is 5.16 Å². The third-order valence-corrected chi connectivity index (χ3v) is 3.17. The van der Waals surface area contributed by atoms with E-state index in [9.17, 15) is 0 Å². The van der Waals surface area contributed by atoms with Crippen LogP contribution in [-0.2, 0) is 0 Å². The lowest BCUT2D eigenvalue weighted by Crippen LogP contribution is -1.92. The van der Waals surface area contributed by atoms with Crippen LogP contribution in [0, 0.1) is 11.8 Å². The van der Waals surface area contributed by atoms with Crippen molar-refractivity contribution in [3.8, 4) is 29.1 Å². The number of nitrogens with zero attached hydrogens (tertiary/aromatic N) is 1. The molecular formula is C17H13NO4. The first-order valence-corrected chi connectivity index (χ1v) is 6.57. The van der Waals surface area contributed by atoms with Gasteiger partial charge in [-0.25, -0.2) is 0 Å². The highest BCUT2D eigenvalue weighted by molar-refractivity contribution is 5.85. The zero-order valence-corrected chi connectivity index (χ0v) is 11.9. The Balaban J connectivity index is 1.96. The van der Waals surface area contributed by atoms with Gasteiger partial charge in [0.05, 0.1) is 13.3 Å². The summed E-state index contributed by atoms with van der Waals surface area (Å²) in [6, 6.07) is 11.0. The van der Waals surface area contributed by atoms with Crippen LogP contribution < -0.4 is 14.2 Å². The van der Waals surface area contributed by atoms with Crippen molar-refractivity contribution in [2.45, 2.75) is 0 Å². The van der Waals surface area contributed by atoms with Gasteiger partial charge < -0.3 is 19.4 Å². The normalized spacial score (nSPS) is 12.0. The van der Waals surface area contributed by atoms with Gasteiger partial charge in [0.15, 0.2) is 11.5 Å². The Morgan fingerprint density at radius 3 is 2.55 bits per heavy atom. The van der Waals surface area contributed by atoms with Gasteiger partial charge in [-0.2, -0.15) is 0 Å². The smallest absolute Gasteiger partial charge is 0.231 e. The van der Waals surface area contributed by atoms with Gasteiger partial charge in [-0.15, -0.1) is 0 Å². The van der Waals surface area contributed by atoms with Crippen molar-refractivity contribution in [2.75, 3.05) is 13.9 Å². The first-order chi connectivity index (χ1) is 10.8. The average Bonchev–Trinajstić information content (AvgIpc) is 3.00. The second-order valence-corrected chi connectivity index (χ2v) is 4.52. The van der Waals surface area contributed by atoms with Crippen LogP contribution >= 0.6 is 0 Å². The minimum atomic E-state index is 0.181. The Bertz CT molecular complexity index is 770. The van der Waals surface area contributed by atoms with Gasteiger partial charge in [0, 0.05) is 22.8 Å². The number of hydrogen-bond donors (Lipinski definition) is 1. The third-order valence-electron chi connectivity index (χ3n) is 3.17. The highest BCUT2D eigenvalue weighted by Gasteiger charge is 2.15. The molecule has 0 amide bonds. The monoisotopic (exact) mass is 295 g/mol. The molecule has 0 fully saturated rings. The van der Waals surface area contributed by atoms with Crippen LogP contribution in [0.2, 0.25) is 0 Å². The van der Waals surface area contributed by atoms with Gasteiger partial charge in [0.2, 0.25) is 6.79 Å². The van der Waals surface area contributed by atoms with E-state index in [-0.39, 0.29) is 6.79 Å². The zero-order chi connectivity index (χ0) is 15.4. The maximum absolute atomic E-state index is 8.77. The summed E-state index contributed by atoms with van der Waals surface area (Å²) >= 11 is 0. The first-order valence-electron chi connectivity index (χ1n) is 6.57. The highest BCUT2D eigenvalue weighted by atomic mass is 16.7. The molecule has 0 bridgehead atoms. The molecule has 1 aliphatic heterocycles. The average molecular weight is 295 g/mol. The second-order valence-electron chi connectivity index (χ2n) is 4.52. The van der Waals surface area contributed by atoms with Crippen molar-refractivity contribution in [3.05, 3.63) is 53.1 Å². The Morgan fingerprint density at radius 1 is 1.14 bits per heavy atom. The summed E-state index contributed by atoms with van der Waals surface area (Å²) in [5, 5.41) is 11.8. The molecule has 5 heteroatoms. The maximum Gasteiger partial charge on any atom is 0.231 e. The minimum absolute atomic E-state index is 0.181. The first kappa shape index (κ1) is 13.8. The Hall–Kier alpha value is -3.13. The topological polar surface area (TPSA) is 60.3 Å². The highest BCUT2D eigenvalue weighted by Crippen LogP contribution is 2.34. The summed E-state index contributed by atoms with van der Waals surface area (Å²) in [5.41, 5.74) is 2.20. The molecule has 3 rings (SSSR count). The van der Waals surface area contributed by atoms with E-state index >= 15 is 0 Å². The summed E-state index contributed by atoms with van der Waals surface area (Å²) in [6.45, 7) is 0.181. The molecular weight excluding hydrogens is 282 g/mol. The van der Waals surface area contributed by atoms with Crippen LogP contribution in [0.4, 0.5) is 0 Å². The van der Waals surface area contributed by atoms with E-state index in [0.29, 0.717) is 22.6 Å². The number of rotatable bonds is 2. The molecule has 2 aromatic rings. The summed E-state index contributed by atoms with van der Waals surface area (Å²) < 4.78 is 15.8. The van der Waals surface area contributed by atoms with Crippen molar-refractivity contribution >= 4 is 6.21 Å². The molecule has 0 aliphatic carbocycles. The molecule has 0 aromatic heterocycles. The van der Waals surface area contributed by atoms with Gasteiger partial charge in [0.1, 0.15) is 5.75 Å². The third kappa shape index (κ3) is 2.81. The van der Waals surface area contributed by atoms with Crippen LogP contribution in [0.15, 0.2) is 41.6 Å². The van der Waals surface area contributed by atoms with Gasteiger partial charge >= 0.3 is 0 Å². The van der Waals surface area contributed by atoms with Crippen LogP contribution in [-0.4, -0.2) is 25.3 Å². The lowest BCUT2D eigenvalue weighted by molar-refractivity contribution is 0.174. The van der Waals surface area contributed by atoms with Crippen molar-refractivity contribution in [3.63, 3.8) is 0 Å². The van der Waals surface area contributed by atoms with E-state index in [1.165, 1.54) is 6.21 Å². The fourth-order valence-corrected chi connectivity index (χ4v) is 2.05. The molecule has 1 heterocycles. The fraction of sp³-hybridized carbons (Fsp3) is 0.118. The summed E-state index contributed by atoms with van der Waals surface area (Å²) in [4.78, 5) is 0. The second kappa shape index (κ2) is 6.10. The standard InChI is InChI=1S/C17H13NO4/c1-20-15-6-3-12(4-7-15)2-5-13-8-16-17(22-11-21-16)9-14(13)10-18-19/h3-4,6-10,19H,11H2,1H3/b18-10+. The molecule has 0 spiro atoms. The quantitative estimate of drug-likeness (QED) is 0.400. The van der Waals surface area contributed by atoms with Gasteiger partial charge in [-0.1, -0.05) is 17.0 Å². The maximum atomic E-state index is 8.77. The number of oxime groups is 1. The summed E-state index contributed by atoms with van der Waals surface area (Å²) in [5.74, 6) is 8.14. The van der Waals surface area contributed by atoms with Crippen LogP contribution in [0.3, 0.4) is 0 Å². The summed E-state index contributed by atoms with van der Waals surface area (Å²) in [7, 11) is 1.62. The zero-order valence-electron chi connectivity index (χ0n) is 11.9. The molecule has 0 unspecified atom stereocenters. The molecule has 5 nitrogen and oxygen atoms in total. The fourth-order valence-electron chi connectivity index (χ4n) is 2.05. The Kier molecular flexibility index (Phi) is 3.84. The summed E-state index contributed by atoms with van der Waals surface area (Å²) in [6.07, 6.45) is 1.32. The lowest BCUT2D eigenvalue weighted by Gasteiger charge is -2.01. The van der Waals surface area contributed by atoms with E-state index in [2.05, 4.69) is 17.0 Å². The molecule has 110 valence electrons. The van der Waals surface area contributed by atoms with Crippen LogP contribution in [0.1, 0.15) is 16.7 Å². The number of methoxy groups -OCH3 is 1. The molecule has 0 saturated carbocycles. The van der Waals surface area contributed by atoms with E-state index in [1.54, 1.807) is 19.2 Å². The molecule has 0 radical (unpaired) electrons. The van der Waals surface area contributed by atoms with E-state index in [0.717, 1.165) is 11.3 Å². The van der Waals surface area contributed by atoms with Gasteiger partial charge in [0.25, 0.3) is 0 Å². The molecule has 1 aliphatic rings. The molecule has 0 saturated heterocycles. The molecule has 0 atom stereocenters. The predicted molar refractivity (Wildman–Crippen MR) is 80.9 cm³/mol. The molecule has 22 heavy (non-hydrogen) atoms. The van der Waals surface area contributed by atoms with E-state index in [1.807, 2.05) is 24.3 Å². The van der Waals surface area contributed by atoms with Crippen molar-refractivity contribution in [1.82, 2.24) is 0 Å². The van der Waals surface area contributed by atoms with Crippen molar-refractivity contribution in [1.29, 1.82) is 0 Å². The van der Waals surface area contributed by atoms with Crippen LogP contribution in [0.5, 0.6) is 17.2 Å². The van der Waals surface area contributed by atoms with E-state index in [4.69, 9.17) is 19.4 Å². The number of benzene rings is 2. The SMILES string of the molecule is COc1ccc(C#Cc2cc3c(cc2/C=N/O)OCO3)cc1. The Morgan fingerprint density at radius 2 is 1.86 bits per heavy atom. The Labute approximate surface area is 127 Å². The van der Waals surface area contributed by atoms with Gasteiger partial charge in [-0.05, 0) is 30.3 Å². The van der Waals surface area contributed by atoms with E-state index < -0.39 is 0 Å².